The van der Waals surface area contributed by atoms with Crippen LogP contribution in [0.3, 0.4) is 0 Å². The first kappa shape index (κ1) is 24.1. The van der Waals surface area contributed by atoms with E-state index in [1.54, 1.807) is 19.9 Å². The number of nitrogens with zero attached hydrogens (tertiary/aromatic N) is 2. The van der Waals surface area contributed by atoms with E-state index in [-0.39, 0.29) is 25.0 Å². The quantitative estimate of drug-likeness (QED) is 0.464. The molecule has 1 amide bonds. The Labute approximate surface area is 178 Å². The normalized spacial score (nSPS) is 17.1. The van der Waals surface area contributed by atoms with Crippen molar-refractivity contribution in [2.24, 2.45) is 0 Å². The Kier molecular flexibility index (Phi) is 8.64. The van der Waals surface area contributed by atoms with Crippen LogP contribution in [0.5, 0.6) is 0 Å². The second kappa shape index (κ2) is 10.7. The number of aromatic nitrogens is 1. The summed E-state index contributed by atoms with van der Waals surface area (Å²) in [5.41, 5.74) is 1.85. The number of amides is 1. The fraction of sp³-hybridized carbons (Fsp3) is 0.636. The predicted octanol–water partition coefficient (Wildman–Crippen LogP) is 1.51. The Morgan fingerprint density at radius 2 is 1.90 bits per heavy atom. The van der Waals surface area contributed by atoms with Crippen molar-refractivity contribution < 1.29 is 24.2 Å². The number of morpholine rings is 1. The molecule has 2 N–H and O–H groups in total. The Morgan fingerprint density at radius 1 is 1.23 bits per heavy atom. The van der Waals surface area contributed by atoms with Gasteiger partial charge in [-0.3, -0.25) is 9.69 Å². The number of carbonyl (C=O) groups excluding carboxylic acids is 2. The van der Waals surface area contributed by atoms with Gasteiger partial charge in [-0.25, -0.2) is 4.79 Å². The number of nitrogens with one attached hydrogen (secondary N) is 1. The van der Waals surface area contributed by atoms with Gasteiger partial charge >= 0.3 is 5.97 Å². The monoisotopic (exact) mass is 421 g/mol. The van der Waals surface area contributed by atoms with E-state index in [0.29, 0.717) is 37.4 Å². The van der Waals surface area contributed by atoms with E-state index in [0.717, 1.165) is 24.5 Å². The average molecular weight is 422 g/mol. The van der Waals surface area contributed by atoms with E-state index in [1.165, 1.54) is 6.08 Å². The van der Waals surface area contributed by atoms with E-state index in [1.807, 2.05) is 25.3 Å². The lowest BCUT2D eigenvalue weighted by Crippen LogP contribution is -2.51. The summed E-state index contributed by atoms with van der Waals surface area (Å²) in [7, 11) is 0. The van der Waals surface area contributed by atoms with Crippen molar-refractivity contribution in [2.75, 3.05) is 46.0 Å². The van der Waals surface area contributed by atoms with Gasteiger partial charge < -0.3 is 24.5 Å². The van der Waals surface area contributed by atoms with E-state index in [4.69, 9.17) is 9.47 Å². The van der Waals surface area contributed by atoms with Crippen LogP contribution >= 0.6 is 0 Å². The lowest BCUT2D eigenvalue weighted by Gasteiger charge is -2.33. The summed E-state index contributed by atoms with van der Waals surface area (Å²) < 4.78 is 12.5. The smallest absolute Gasteiger partial charge is 0.340 e. The molecular weight excluding hydrogens is 386 g/mol. The number of esters is 1. The SMILES string of the molecule is CCOC(=O)c1c(C=CC(=O)NCC(C)(O)CN2CCOCC2)c(C)n(CC)c1C. The molecule has 0 aromatic carbocycles. The van der Waals surface area contributed by atoms with Crippen molar-refractivity contribution in [3.05, 3.63) is 28.6 Å². The molecule has 2 heterocycles. The van der Waals surface area contributed by atoms with Gasteiger partial charge in [-0.15, -0.1) is 0 Å². The second-order valence-electron chi connectivity index (χ2n) is 7.86. The molecule has 8 nitrogen and oxygen atoms in total. The standard InChI is InChI=1S/C22H35N3O5/c1-6-25-16(3)18(20(17(25)4)21(27)30-7-2)8-9-19(26)23-14-22(5,28)15-24-10-12-29-13-11-24/h8-9,28H,6-7,10-15H2,1-5H3,(H,23,26). The fourth-order valence-corrected chi connectivity index (χ4v) is 3.84. The van der Waals surface area contributed by atoms with E-state index in [2.05, 4.69) is 10.2 Å². The largest absolute Gasteiger partial charge is 0.462 e. The molecule has 0 radical (unpaired) electrons. The highest BCUT2D eigenvalue weighted by Gasteiger charge is 2.26. The Bertz CT molecular complexity index is 776. The number of aliphatic hydroxyl groups is 1. The van der Waals surface area contributed by atoms with Crippen molar-refractivity contribution in [3.8, 4) is 0 Å². The van der Waals surface area contributed by atoms with Crippen molar-refractivity contribution >= 4 is 18.0 Å². The van der Waals surface area contributed by atoms with E-state index >= 15 is 0 Å². The van der Waals surface area contributed by atoms with Crippen LogP contribution in [0.15, 0.2) is 6.08 Å². The number of β-amino-alcohol motifs (C(OH)–C–C–N with tert-alkyl or cyclic N) is 1. The first-order valence-electron chi connectivity index (χ1n) is 10.5. The van der Waals surface area contributed by atoms with Crippen LogP contribution in [0, 0.1) is 13.8 Å². The zero-order valence-electron chi connectivity index (χ0n) is 18.8. The van der Waals surface area contributed by atoms with Crippen LogP contribution in [0.1, 0.15) is 48.1 Å². The highest BCUT2D eigenvalue weighted by Crippen LogP contribution is 2.25. The lowest BCUT2D eigenvalue weighted by atomic mass is 10.1. The summed E-state index contributed by atoms with van der Waals surface area (Å²) in [5.74, 6) is -0.716. The number of rotatable bonds is 9. The number of ether oxygens (including phenoxy) is 2. The molecule has 30 heavy (non-hydrogen) atoms. The van der Waals surface area contributed by atoms with Gasteiger partial charge in [0.1, 0.15) is 0 Å². The molecule has 1 fully saturated rings. The fourth-order valence-electron chi connectivity index (χ4n) is 3.84. The molecule has 168 valence electrons. The molecule has 0 bridgehead atoms. The van der Waals surface area contributed by atoms with Crippen LogP contribution in [-0.4, -0.2) is 78.1 Å². The Morgan fingerprint density at radius 3 is 2.50 bits per heavy atom. The van der Waals surface area contributed by atoms with Gasteiger partial charge in [-0.05, 0) is 40.7 Å². The summed E-state index contributed by atoms with van der Waals surface area (Å²) in [4.78, 5) is 26.9. The molecule has 0 aliphatic carbocycles. The van der Waals surface area contributed by atoms with Crippen LogP contribution in [0.4, 0.5) is 0 Å². The summed E-state index contributed by atoms with van der Waals surface area (Å²) in [6.07, 6.45) is 3.04. The molecule has 0 saturated carbocycles. The summed E-state index contributed by atoms with van der Waals surface area (Å²) >= 11 is 0. The highest BCUT2D eigenvalue weighted by atomic mass is 16.5. The van der Waals surface area contributed by atoms with Crippen molar-refractivity contribution in [3.63, 3.8) is 0 Å². The molecule has 1 atom stereocenters. The summed E-state index contributed by atoms with van der Waals surface area (Å²) in [6.45, 7) is 13.7. The first-order valence-corrected chi connectivity index (χ1v) is 10.5. The summed E-state index contributed by atoms with van der Waals surface area (Å²) in [6, 6.07) is 0. The maximum atomic E-state index is 12.4. The maximum Gasteiger partial charge on any atom is 0.340 e. The molecule has 1 aliphatic heterocycles. The van der Waals surface area contributed by atoms with Gasteiger partial charge in [0, 0.05) is 55.8 Å². The van der Waals surface area contributed by atoms with Gasteiger partial charge in [-0.2, -0.15) is 0 Å². The predicted molar refractivity (Wildman–Crippen MR) is 115 cm³/mol. The third kappa shape index (κ3) is 6.17. The molecule has 0 spiro atoms. The van der Waals surface area contributed by atoms with E-state index in [9.17, 15) is 14.7 Å². The third-order valence-corrected chi connectivity index (χ3v) is 5.34. The van der Waals surface area contributed by atoms with Gasteiger partial charge in [0.15, 0.2) is 0 Å². The number of carbonyl (C=O) groups is 2. The maximum absolute atomic E-state index is 12.4. The zero-order valence-corrected chi connectivity index (χ0v) is 18.8. The van der Waals surface area contributed by atoms with Gasteiger partial charge in [0.2, 0.25) is 5.91 Å². The lowest BCUT2D eigenvalue weighted by molar-refractivity contribution is -0.117. The number of hydrogen-bond donors (Lipinski definition) is 2. The van der Waals surface area contributed by atoms with E-state index < -0.39 is 5.60 Å². The molecule has 2 rings (SSSR count). The van der Waals surface area contributed by atoms with Crippen molar-refractivity contribution in [1.82, 2.24) is 14.8 Å². The number of hydrogen-bond acceptors (Lipinski definition) is 6. The Balaban J connectivity index is 2.05. The molecule has 1 unspecified atom stereocenters. The third-order valence-electron chi connectivity index (χ3n) is 5.34. The van der Waals surface area contributed by atoms with Gasteiger partial charge in [0.25, 0.3) is 0 Å². The minimum absolute atomic E-state index is 0.131. The van der Waals surface area contributed by atoms with Crippen LogP contribution in [0.2, 0.25) is 0 Å². The zero-order chi connectivity index (χ0) is 22.3. The second-order valence-corrected chi connectivity index (χ2v) is 7.86. The molecule has 1 aromatic heterocycles. The molecular formula is C22H35N3O5. The van der Waals surface area contributed by atoms with Crippen LogP contribution in [-0.2, 0) is 20.8 Å². The first-order chi connectivity index (χ1) is 14.2. The van der Waals surface area contributed by atoms with Crippen molar-refractivity contribution in [2.45, 2.75) is 46.8 Å². The van der Waals surface area contributed by atoms with Crippen molar-refractivity contribution in [1.29, 1.82) is 0 Å². The topological polar surface area (TPSA) is 93.0 Å². The minimum Gasteiger partial charge on any atom is -0.462 e. The molecule has 1 aromatic rings. The summed E-state index contributed by atoms with van der Waals surface area (Å²) in [5, 5.41) is 13.4. The highest BCUT2D eigenvalue weighted by molar-refractivity contribution is 5.98. The van der Waals surface area contributed by atoms with Crippen LogP contribution in [0.25, 0.3) is 6.08 Å². The van der Waals surface area contributed by atoms with Gasteiger partial charge in [0.05, 0.1) is 31.0 Å². The average Bonchev–Trinajstić information content (AvgIpc) is 2.94. The molecule has 1 aliphatic rings. The van der Waals surface area contributed by atoms with Gasteiger partial charge in [-0.1, -0.05) is 0 Å². The molecule has 8 heteroatoms. The molecule has 1 saturated heterocycles. The minimum atomic E-state index is -1.05. The Hall–Kier alpha value is -2.16. The van der Waals surface area contributed by atoms with Crippen LogP contribution < -0.4 is 5.32 Å².